The SMILES string of the molecule is Cc1nc(N2CCNCC2)sc1C(=O)NCC12CC3CC(CC(C3)C1)C2. The third-order valence-corrected chi connectivity index (χ3v) is 8.39. The number of hydrogen-bond donors (Lipinski definition) is 2. The van der Waals surface area contributed by atoms with Crippen LogP contribution < -0.4 is 15.5 Å². The number of thiazole rings is 1. The van der Waals surface area contributed by atoms with Gasteiger partial charge in [-0.25, -0.2) is 4.98 Å². The first-order chi connectivity index (χ1) is 12.6. The monoisotopic (exact) mass is 374 g/mol. The molecule has 26 heavy (non-hydrogen) atoms. The zero-order valence-electron chi connectivity index (χ0n) is 15.7. The van der Waals surface area contributed by atoms with Gasteiger partial charge in [0.25, 0.3) is 5.91 Å². The van der Waals surface area contributed by atoms with Crippen molar-refractivity contribution in [3.63, 3.8) is 0 Å². The summed E-state index contributed by atoms with van der Waals surface area (Å²) in [6.45, 7) is 6.78. The van der Waals surface area contributed by atoms with E-state index in [0.29, 0.717) is 5.41 Å². The lowest BCUT2D eigenvalue weighted by Crippen LogP contribution is -2.51. The largest absolute Gasteiger partial charge is 0.351 e. The zero-order chi connectivity index (χ0) is 17.7. The molecule has 4 aliphatic carbocycles. The Morgan fingerprint density at radius 3 is 2.42 bits per heavy atom. The smallest absolute Gasteiger partial charge is 0.263 e. The number of nitrogens with one attached hydrogen (secondary N) is 2. The van der Waals surface area contributed by atoms with Crippen LogP contribution in [0.15, 0.2) is 0 Å². The van der Waals surface area contributed by atoms with E-state index in [0.717, 1.165) is 66.2 Å². The van der Waals surface area contributed by atoms with Gasteiger partial charge in [-0.15, -0.1) is 0 Å². The third-order valence-electron chi connectivity index (χ3n) is 7.17. The first-order valence-corrected chi connectivity index (χ1v) is 11.1. The van der Waals surface area contributed by atoms with Crippen molar-refractivity contribution in [2.24, 2.45) is 23.2 Å². The van der Waals surface area contributed by atoms with Gasteiger partial charge in [0.1, 0.15) is 4.88 Å². The van der Waals surface area contributed by atoms with Crippen molar-refractivity contribution in [2.75, 3.05) is 37.6 Å². The Bertz CT molecular complexity index is 659. The molecule has 1 amide bonds. The zero-order valence-corrected chi connectivity index (χ0v) is 16.5. The summed E-state index contributed by atoms with van der Waals surface area (Å²) in [6.07, 6.45) is 8.38. The molecule has 142 valence electrons. The van der Waals surface area contributed by atoms with Gasteiger partial charge in [0.2, 0.25) is 0 Å². The Kier molecular flexibility index (Phi) is 4.24. The summed E-state index contributed by atoms with van der Waals surface area (Å²) in [4.78, 5) is 20.7. The lowest BCUT2D eigenvalue weighted by atomic mass is 9.49. The molecular weight excluding hydrogens is 344 g/mol. The van der Waals surface area contributed by atoms with Crippen molar-refractivity contribution < 1.29 is 4.79 Å². The van der Waals surface area contributed by atoms with Gasteiger partial charge in [0.15, 0.2) is 5.13 Å². The maximum absolute atomic E-state index is 12.9. The molecule has 5 aliphatic rings. The van der Waals surface area contributed by atoms with Gasteiger partial charge < -0.3 is 15.5 Å². The second-order valence-electron chi connectivity index (χ2n) is 9.25. The van der Waals surface area contributed by atoms with Gasteiger partial charge in [-0.05, 0) is 68.6 Å². The van der Waals surface area contributed by atoms with E-state index in [1.165, 1.54) is 38.5 Å². The number of carbonyl (C=O) groups is 1. The fourth-order valence-corrected chi connectivity index (χ4v) is 7.47. The van der Waals surface area contributed by atoms with Gasteiger partial charge in [-0.1, -0.05) is 11.3 Å². The maximum Gasteiger partial charge on any atom is 0.263 e. The van der Waals surface area contributed by atoms with Crippen LogP contribution in [0.1, 0.15) is 53.9 Å². The number of piperazine rings is 1. The summed E-state index contributed by atoms with van der Waals surface area (Å²) in [5.74, 6) is 2.89. The number of nitrogens with zero attached hydrogens (tertiary/aromatic N) is 2. The van der Waals surface area contributed by atoms with Crippen molar-refractivity contribution in [3.8, 4) is 0 Å². The minimum atomic E-state index is 0.0946. The van der Waals surface area contributed by atoms with Crippen LogP contribution in [0.4, 0.5) is 5.13 Å². The molecule has 1 saturated heterocycles. The number of aromatic nitrogens is 1. The molecule has 4 saturated carbocycles. The van der Waals surface area contributed by atoms with E-state index in [9.17, 15) is 4.79 Å². The van der Waals surface area contributed by atoms with E-state index in [2.05, 4.69) is 20.5 Å². The van der Waals surface area contributed by atoms with Gasteiger partial charge in [-0.3, -0.25) is 4.79 Å². The number of hydrogen-bond acceptors (Lipinski definition) is 5. The molecule has 0 aromatic carbocycles. The molecule has 2 N–H and O–H groups in total. The summed E-state index contributed by atoms with van der Waals surface area (Å²) in [5.41, 5.74) is 1.27. The second-order valence-corrected chi connectivity index (χ2v) is 10.2. The van der Waals surface area contributed by atoms with Gasteiger partial charge >= 0.3 is 0 Å². The molecule has 2 heterocycles. The summed E-state index contributed by atoms with van der Waals surface area (Å²) in [7, 11) is 0. The van der Waals surface area contributed by atoms with Crippen molar-refractivity contribution >= 4 is 22.4 Å². The summed E-state index contributed by atoms with van der Waals surface area (Å²) in [5, 5.41) is 7.69. The second kappa shape index (κ2) is 6.48. The van der Waals surface area contributed by atoms with Crippen LogP contribution in [0.5, 0.6) is 0 Å². The van der Waals surface area contributed by atoms with Crippen LogP contribution in [0.25, 0.3) is 0 Å². The Balaban J connectivity index is 1.25. The molecule has 0 atom stereocenters. The summed E-state index contributed by atoms with van der Waals surface area (Å²) < 4.78 is 0. The first-order valence-electron chi connectivity index (χ1n) is 10.3. The molecule has 0 unspecified atom stereocenters. The number of amides is 1. The van der Waals surface area contributed by atoms with E-state index >= 15 is 0 Å². The predicted molar refractivity (Wildman–Crippen MR) is 105 cm³/mol. The maximum atomic E-state index is 12.9. The van der Waals surface area contributed by atoms with E-state index in [4.69, 9.17) is 0 Å². The summed E-state index contributed by atoms with van der Waals surface area (Å²) >= 11 is 1.57. The quantitative estimate of drug-likeness (QED) is 0.851. The number of carbonyl (C=O) groups excluding carboxylic acids is 1. The topological polar surface area (TPSA) is 57.3 Å². The molecule has 5 fully saturated rings. The molecule has 6 rings (SSSR count). The highest BCUT2D eigenvalue weighted by Crippen LogP contribution is 2.59. The number of rotatable bonds is 4. The molecule has 0 radical (unpaired) electrons. The van der Waals surface area contributed by atoms with Crippen molar-refractivity contribution in [1.82, 2.24) is 15.6 Å². The highest BCUT2D eigenvalue weighted by molar-refractivity contribution is 7.17. The first kappa shape index (κ1) is 17.0. The minimum absolute atomic E-state index is 0.0946. The van der Waals surface area contributed by atoms with E-state index in [-0.39, 0.29) is 5.91 Å². The van der Waals surface area contributed by atoms with E-state index < -0.39 is 0 Å². The van der Waals surface area contributed by atoms with Gasteiger partial charge in [0, 0.05) is 32.7 Å². The molecule has 4 bridgehead atoms. The highest BCUT2D eigenvalue weighted by Gasteiger charge is 2.50. The standard InChI is InChI=1S/C20H30N4OS/c1-13-17(26-19(23-13)24-4-2-21-3-5-24)18(25)22-12-20-9-14-6-15(10-20)8-16(7-14)11-20/h14-16,21H,2-12H2,1H3,(H,22,25). The van der Waals surface area contributed by atoms with Crippen LogP contribution in [0.2, 0.25) is 0 Å². The van der Waals surface area contributed by atoms with Crippen LogP contribution in [-0.2, 0) is 0 Å². The average Bonchev–Trinajstić information content (AvgIpc) is 3.01. The molecule has 0 spiro atoms. The number of aryl methyl sites for hydroxylation is 1. The molecule has 1 aromatic rings. The molecule has 1 aliphatic heterocycles. The van der Waals surface area contributed by atoms with E-state index in [1.54, 1.807) is 11.3 Å². The van der Waals surface area contributed by atoms with Crippen molar-refractivity contribution in [2.45, 2.75) is 45.4 Å². The Morgan fingerprint density at radius 1 is 1.19 bits per heavy atom. The minimum Gasteiger partial charge on any atom is -0.351 e. The van der Waals surface area contributed by atoms with Crippen LogP contribution in [0, 0.1) is 30.1 Å². The van der Waals surface area contributed by atoms with Crippen LogP contribution >= 0.6 is 11.3 Å². The fraction of sp³-hybridized carbons (Fsp3) is 0.800. The van der Waals surface area contributed by atoms with Crippen LogP contribution in [0.3, 0.4) is 0 Å². The third kappa shape index (κ3) is 3.05. The molecule has 1 aromatic heterocycles. The van der Waals surface area contributed by atoms with Gasteiger partial charge in [0.05, 0.1) is 5.69 Å². The lowest BCUT2D eigenvalue weighted by molar-refractivity contribution is -0.0503. The fourth-order valence-electron chi connectivity index (χ4n) is 6.44. The normalized spacial score (nSPS) is 35.7. The Labute approximate surface area is 159 Å². The van der Waals surface area contributed by atoms with Crippen LogP contribution in [-0.4, -0.2) is 43.6 Å². The van der Waals surface area contributed by atoms with E-state index in [1.807, 2.05) is 6.92 Å². The van der Waals surface area contributed by atoms with Crippen molar-refractivity contribution in [1.29, 1.82) is 0 Å². The van der Waals surface area contributed by atoms with Gasteiger partial charge in [-0.2, -0.15) is 0 Å². The van der Waals surface area contributed by atoms with Crippen molar-refractivity contribution in [3.05, 3.63) is 10.6 Å². The molecular formula is C20H30N4OS. The molecule has 5 nitrogen and oxygen atoms in total. The average molecular weight is 375 g/mol. The predicted octanol–water partition coefficient (Wildman–Crippen LogP) is 2.81. The molecule has 6 heteroatoms. The Morgan fingerprint density at radius 2 is 1.81 bits per heavy atom. The Hall–Kier alpha value is -1.14. The lowest BCUT2D eigenvalue weighted by Gasteiger charge is -2.56. The summed E-state index contributed by atoms with van der Waals surface area (Å²) in [6, 6.07) is 0. The number of anilines is 1. The highest BCUT2D eigenvalue weighted by atomic mass is 32.1.